The molecule has 1 heterocycles. The van der Waals surface area contributed by atoms with Crippen LogP contribution in [0, 0.1) is 0 Å². The van der Waals surface area contributed by atoms with Crippen LogP contribution in [0.15, 0.2) is 41.3 Å². The lowest BCUT2D eigenvalue weighted by molar-refractivity contribution is -0.382. The van der Waals surface area contributed by atoms with Gasteiger partial charge in [0.1, 0.15) is 11.5 Å². The van der Waals surface area contributed by atoms with Crippen molar-refractivity contribution in [3.8, 4) is 0 Å². The van der Waals surface area contributed by atoms with Crippen LogP contribution in [0.3, 0.4) is 0 Å². The Labute approximate surface area is 224 Å². The van der Waals surface area contributed by atoms with E-state index >= 15 is 0 Å². The van der Waals surface area contributed by atoms with E-state index in [1.807, 2.05) is 0 Å². The summed E-state index contributed by atoms with van der Waals surface area (Å²) in [6.45, 7) is 2.28. The van der Waals surface area contributed by atoms with Crippen molar-refractivity contribution < 1.29 is 52.5 Å². The summed E-state index contributed by atoms with van der Waals surface area (Å²) in [4.78, 5) is 1.59. The summed E-state index contributed by atoms with van der Waals surface area (Å²) < 4.78 is 135. The first kappa shape index (κ1) is 33.5. The number of aryl methyl sites for hydroxylation is 1. The van der Waals surface area contributed by atoms with E-state index in [0.29, 0.717) is 10.9 Å². The van der Waals surface area contributed by atoms with Gasteiger partial charge in [-0.1, -0.05) is 50.8 Å². The van der Waals surface area contributed by atoms with E-state index in [4.69, 9.17) is 0 Å². The van der Waals surface area contributed by atoms with Gasteiger partial charge in [0, 0.05) is 17.0 Å². The summed E-state index contributed by atoms with van der Waals surface area (Å²) in [6, 6.07) is 14.3. The number of rotatable bonds is 10. The first-order chi connectivity index (χ1) is 17.9. The van der Waals surface area contributed by atoms with Gasteiger partial charge in [-0.15, -0.1) is 0 Å². The molecule has 0 aromatic heterocycles. The van der Waals surface area contributed by atoms with Crippen molar-refractivity contribution in [1.82, 2.24) is 0 Å². The van der Waals surface area contributed by atoms with Crippen molar-refractivity contribution in [1.29, 1.82) is 0 Å². The summed E-state index contributed by atoms with van der Waals surface area (Å²) in [7, 11) is -6.88. The summed E-state index contributed by atoms with van der Waals surface area (Å²) in [5.41, 5.74) is 1.51. The summed E-state index contributed by atoms with van der Waals surface area (Å²) in [6.07, 6.45) is 3.78. The Morgan fingerprint density at radius 3 is 1.85 bits per heavy atom. The molecule has 0 spiro atoms. The Morgan fingerprint density at radius 2 is 1.31 bits per heavy atom. The van der Waals surface area contributed by atoms with E-state index in [1.54, 1.807) is 4.90 Å². The molecule has 39 heavy (non-hydrogen) atoms. The number of unbranched alkanes of at least 4 members (excludes halogenated alkanes) is 4. The summed E-state index contributed by atoms with van der Waals surface area (Å²) >= 11 is 0. The third-order valence-electron chi connectivity index (χ3n) is 6.24. The largest absolute Gasteiger partial charge is 0.743 e. The van der Waals surface area contributed by atoms with Gasteiger partial charge < -0.3 is 4.55 Å². The van der Waals surface area contributed by atoms with Gasteiger partial charge in [-0.25, -0.2) is 8.42 Å². The number of alkyl halides is 9. The van der Waals surface area contributed by atoms with Crippen molar-refractivity contribution in [2.75, 3.05) is 11.5 Å². The first-order valence-electron chi connectivity index (χ1n) is 12.2. The molecular formula is C25H29F9O3S2. The number of hydrogen-bond donors (Lipinski definition) is 0. The van der Waals surface area contributed by atoms with Crippen LogP contribution in [0.2, 0.25) is 0 Å². The summed E-state index contributed by atoms with van der Waals surface area (Å²) in [5, 5.41) is -4.25. The molecule has 2 aromatic rings. The normalized spacial score (nSPS) is 15.9. The molecule has 3 nitrogen and oxygen atoms in total. The fourth-order valence-corrected chi connectivity index (χ4v) is 6.73. The third kappa shape index (κ3) is 7.75. The highest BCUT2D eigenvalue weighted by molar-refractivity contribution is 7.97. The smallest absolute Gasteiger partial charge is 0.460 e. The maximum atomic E-state index is 12.2. The highest BCUT2D eigenvalue weighted by atomic mass is 32.2. The van der Waals surface area contributed by atoms with Gasteiger partial charge in [-0.05, 0) is 54.2 Å². The standard InChI is InChI=1S/C21H29S.C4HF9O3S/c1-2-3-4-5-6-9-18-10-11-20-17-21(13-12-19(20)16-18)22-14-7-8-15-22;5-1(6,3(9,10)11)2(7,8)4(12,13)17(14,15)16/h10-13,16-17H,2-9,14-15H2,1H3;(H,14,15,16)/q+1;/p-1. The Bertz CT molecular complexity index is 1190. The molecule has 0 amide bonds. The molecule has 1 aliphatic heterocycles. The number of benzene rings is 2. The second kappa shape index (κ2) is 12.9. The number of hydrogen-bond acceptors (Lipinski definition) is 3. The molecule has 1 aliphatic rings. The van der Waals surface area contributed by atoms with E-state index in [0.717, 1.165) is 0 Å². The van der Waals surface area contributed by atoms with E-state index in [2.05, 4.69) is 43.3 Å². The second-order valence-electron chi connectivity index (χ2n) is 9.23. The molecule has 3 rings (SSSR count). The zero-order chi connectivity index (χ0) is 29.7. The molecule has 0 saturated carbocycles. The van der Waals surface area contributed by atoms with E-state index in [9.17, 15) is 52.5 Å². The van der Waals surface area contributed by atoms with Gasteiger partial charge in [-0.3, -0.25) is 0 Å². The lowest BCUT2D eigenvalue weighted by Gasteiger charge is -2.34. The molecule has 14 heteroatoms. The highest BCUT2D eigenvalue weighted by Crippen LogP contribution is 2.54. The van der Waals surface area contributed by atoms with E-state index in [-0.39, 0.29) is 0 Å². The number of halogens is 9. The molecule has 1 saturated heterocycles. The van der Waals surface area contributed by atoms with Crippen molar-refractivity contribution in [2.45, 2.75) is 86.5 Å². The Hall–Kier alpha value is -1.67. The lowest BCUT2D eigenvalue weighted by atomic mass is 10.0. The van der Waals surface area contributed by atoms with Gasteiger partial charge in [0.2, 0.25) is 0 Å². The van der Waals surface area contributed by atoms with Gasteiger partial charge in [0.25, 0.3) is 0 Å². The zero-order valence-corrected chi connectivity index (χ0v) is 22.6. The van der Waals surface area contributed by atoms with Gasteiger partial charge in [0.15, 0.2) is 15.0 Å². The average molecular weight is 613 g/mol. The molecule has 222 valence electrons. The van der Waals surface area contributed by atoms with Crippen molar-refractivity contribution in [2.24, 2.45) is 0 Å². The molecule has 0 atom stereocenters. The van der Waals surface area contributed by atoms with Crippen LogP contribution in [0.25, 0.3) is 10.8 Å². The minimum atomic E-state index is -7.43. The minimum absolute atomic E-state index is 0.540. The Balaban J connectivity index is 0.000000285. The van der Waals surface area contributed by atoms with Crippen molar-refractivity contribution in [3.05, 3.63) is 42.0 Å². The van der Waals surface area contributed by atoms with Crippen LogP contribution in [-0.4, -0.2) is 47.8 Å². The van der Waals surface area contributed by atoms with Crippen LogP contribution in [0.5, 0.6) is 0 Å². The van der Waals surface area contributed by atoms with Crippen LogP contribution in [-0.2, 0) is 27.4 Å². The molecule has 2 aromatic carbocycles. The summed E-state index contributed by atoms with van der Waals surface area (Å²) in [5.74, 6) is -12.0. The topological polar surface area (TPSA) is 57.2 Å². The maximum Gasteiger partial charge on any atom is 0.460 e. The average Bonchev–Trinajstić information content (AvgIpc) is 3.37. The molecule has 0 unspecified atom stereocenters. The van der Waals surface area contributed by atoms with Crippen molar-refractivity contribution >= 4 is 31.8 Å². The van der Waals surface area contributed by atoms with E-state index < -0.39 is 33.4 Å². The molecule has 0 aliphatic carbocycles. The molecule has 0 radical (unpaired) electrons. The lowest BCUT2D eigenvalue weighted by Crippen LogP contribution is -2.63. The molecule has 0 bridgehead atoms. The predicted octanol–water partition coefficient (Wildman–Crippen LogP) is 8.08. The Morgan fingerprint density at radius 1 is 0.769 bits per heavy atom. The Kier molecular flexibility index (Phi) is 11.1. The fraction of sp³-hybridized carbons (Fsp3) is 0.600. The van der Waals surface area contributed by atoms with Crippen LogP contribution >= 0.6 is 0 Å². The number of fused-ring (bicyclic) bond motifs is 1. The minimum Gasteiger partial charge on any atom is -0.743 e. The predicted molar refractivity (Wildman–Crippen MR) is 132 cm³/mol. The molecule has 0 N–H and O–H groups in total. The zero-order valence-electron chi connectivity index (χ0n) is 21.0. The molecule has 1 fully saturated rings. The van der Waals surface area contributed by atoms with Gasteiger partial charge >= 0.3 is 23.3 Å². The molecular weight excluding hydrogens is 583 g/mol. The van der Waals surface area contributed by atoms with Crippen LogP contribution in [0.1, 0.15) is 57.4 Å². The van der Waals surface area contributed by atoms with Gasteiger partial charge in [0.05, 0.1) is 0 Å². The quantitative estimate of drug-likeness (QED) is 0.118. The van der Waals surface area contributed by atoms with E-state index in [1.165, 1.54) is 79.2 Å². The first-order valence-corrected chi connectivity index (χ1v) is 15.2. The fourth-order valence-electron chi connectivity index (χ4n) is 3.95. The van der Waals surface area contributed by atoms with Crippen LogP contribution in [0.4, 0.5) is 39.5 Å². The maximum absolute atomic E-state index is 12.2. The highest BCUT2D eigenvalue weighted by Gasteiger charge is 2.83. The monoisotopic (exact) mass is 612 g/mol. The second-order valence-corrected chi connectivity index (χ2v) is 12.9. The third-order valence-corrected chi connectivity index (χ3v) is 9.61. The van der Waals surface area contributed by atoms with Crippen molar-refractivity contribution in [3.63, 3.8) is 0 Å². The van der Waals surface area contributed by atoms with Crippen LogP contribution < -0.4 is 0 Å². The SMILES string of the molecule is CCCCCCCc1ccc2cc([S+]3CCCC3)ccc2c1.O=S(=O)([O-])C(F)(F)C(F)(F)C(F)(F)C(F)(F)F. The van der Waals surface area contributed by atoms with Gasteiger partial charge in [-0.2, -0.15) is 39.5 Å².